The van der Waals surface area contributed by atoms with Crippen LogP contribution in [-0.2, 0) is 5.54 Å². The van der Waals surface area contributed by atoms with Crippen molar-refractivity contribution >= 4 is 16.9 Å². The van der Waals surface area contributed by atoms with Gasteiger partial charge in [0, 0.05) is 23.8 Å². The second-order valence-electron chi connectivity index (χ2n) is 9.68. The summed E-state index contributed by atoms with van der Waals surface area (Å²) >= 11 is 0. The van der Waals surface area contributed by atoms with Crippen LogP contribution in [0.3, 0.4) is 0 Å². The first-order chi connectivity index (χ1) is 16.6. The van der Waals surface area contributed by atoms with Crippen molar-refractivity contribution in [2.75, 3.05) is 13.7 Å². The Morgan fingerprint density at radius 3 is 2.60 bits per heavy atom. The van der Waals surface area contributed by atoms with Crippen LogP contribution in [-0.4, -0.2) is 52.7 Å². The molecule has 2 unspecified atom stereocenters. The zero-order valence-corrected chi connectivity index (χ0v) is 20.2. The topological polar surface area (TPSA) is 70.2 Å². The van der Waals surface area contributed by atoms with Crippen molar-refractivity contribution < 1.29 is 22.7 Å². The minimum absolute atomic E-state index is 0.0289. The molecule has 1 saturated carbocycles. The fraction of sp³-hybridized carbons (Fsp3) is 0.462. The van der Waals surface area contributed by atoms with Gasteiger partial charge in [0.2, 0.25) is 0 Å². The molecule has 0 radical (unpaired) electrons. The quantitative estimate of drug-likeness (QED) is 0.467. The van der Waals surface area contributed by atoms with Crippen LogP contribution < -0.4 is 10.1 Å². The summed E-state index contributed by atoms with van der Waals surface area (Å²) < 4.78 is 45.9. The van der Waals surface area contributed by atoms with Crippen molar-refractivity contribution in [3.63, 3.8) is 0 Å². The number of alkyl halides is 3. The van der Waals surface area contributed by atoms with Crippen molar-refractivity contribution in [1.29, 1.82) is 0 Å². The molecule has 0 bridgehead atoms. The number of hydrogen-bond acceptors (Lipinski definition) is 4. The number of ether oxygens (including phenoxy) is 1. The van der Waals surface area contributed by atoms with Gasteiger partial charge in [-0.3, -0.25) is 9.78 Å². The fourth-order valence-electron chi connectivity index (χ4n) is 4.97. The van der Waals surface area contributed by atoms with Crippen molar-refractivity contribution in [2.45, 2.75) is 63.3 Å². The molecule has 2 aromatic heterocycles. The molecule has 35 heavy (non-hydrogen) atoms. The Hall–Kier alpha value is -3.07. The number of fused-ring (bicyclic) bond motifs is 1. The maximum atomic E-state index is 13.6. The van der Waals surface area contributed by atoms with Gasteiger partial charge in [0.1, 0.15) is 18.0 Å². The highest BCUT2D eigenvalue weighted by Crippen LogP contribution is 2.31. The number of nitrogens with one attached hydrogen (secondary N) is 2. The first-order valence-electron chi connectivity index (χ1n) is 11.8. The number of carbonyl (C=O) groups is 1. The van der Waals surface area contributed by atoms with Gasteiger partial charge in [-0.15, -0.1) is 0 Å². The minimum atomic E-state index is -4.50. The minimum Gasteiger partial charge on any atom is -0.497 e. The molecule has 0 saturated heterocycles. The average molecular weight is 489 g/mol. The van der Waals surface area contributed by atoms with E-state index in [1.54, 1.807) is 25.4 Å². The molecular weight excluding hydrogens is 457 g/mol. The predicted molar refractivity (Wildman–Crippen MR) is 128 cm³/mol. The zero-order valence-electron chi connectivity index (χ0n) is 20.2. The second-order valence-corrected chi connectivity index (χ2v) is 9.68. The van der Waals surface area contributed by atoms with Crippen molar-refractivity contribution in [1.82, 2.24) is 20.2 Å². The van der Waals surface area contributed by atoms with E-state index in [1.165, 1.54) is 6.07 Å². The number of rotatable bonds is 7. The third kappa shape index (κ3) is 5.96. The molecule has 0 aliphatic heterocycles. The standard InChI is InChI=1S/C26H31F3N4O2/c1-25(2,17-9-11-20(35-3)12-10-17)32-18-6-4-7-19(14-18)33(16-26(27,28)29)24(34)23-15-22-21(31-23)8-5-13-30-22/h5,8-13,15,18-19,31-32H,4,6-7,14,16H2,1-3H3. The predicted octanol–water partition coefficient (Wildman–Crippen LogP) is 5.41. The summed E-state index contributed by atoms with van der Waals surface area (Å²) in [5.41, 5.74) is 1.94. The molecule has 1 aromatic carbocycles. The summed E-state index contributed by atoms with van der Waals surface area (Å²) in [6.45, 7) is 2.82. The molecule has 0 spiro atoms. The number of amides is 1. The maximum Gasteiger partial charge on any atom is 0.406 e. The first-order valence-corrected chi connectivity index (χ1v) is 11.8. The summed E-state index contributed by atoms with van der Waals surface area (Å²) in [5.74, 6) is 0.108. The van der Waals surface area contributed by atoms with Crippen LogP contribution in [0.1, 0.15) is 55.6 Å². The number of methoxy groups -OCH3 is 1. The normalized spacial score (nSPS) is 19.0. The van der Waals surface area contributed by atoms with Crippen LogP contribution in [0.4, 0.5) is 13.2 Å². The summed E-state index contributed by atoms with van der Waals surface area (Å²) in [6, 6.07) is 12.2. The SMILES string of the molecule is COc1ccc(C(C)(C)NC2CCCC(N(CC(F)(F)F)C(=O)c3cc4ncccc4[nH]3)C2)cc1. The number of pyridine rings is 1. The molecule has 1 amide bonds. The Balaban J connectivity index is 1.53. The Labute approximate surface area is 202 Å². The molecule has 2 atom stereocenters. The lowest BCUT2D eigenvalue weighted by atomic mass is 9.86. The highest BCUT2D eigenvalue weighted by Gasteiger charge is 2.39. The van der Waals surface area contributed by atoms with E-state index in [9.17, 15) is 18.0 Å². The molecule has 2 N–H and O–H groups in total. The van der Waals surface area contributed by atoms with Crippen LogP contribution in [0.25, 0.3) is 11.0 Å². The monoisotopic (exact) mass is 488 g/mol. The molecule has 2 heterocycles. The van der Waals surface area contributed by atoms with Gasteiger partial charge in [0.25, 0.3) is 5.91 Å². The smallest absolute Gasteiger partial charge is 0.406 e. The summed E-state index contributed by atoms with van der Waals surface area (Å²) in [7, 11) is 1.61. The Kier molecular flexibility index (Phi) is 7.07. The number of halogens is 3. The summed E-state index contributed by atoms with van der Waals surface area (Å²) in [5, 5.41) is 3.62. The van der Waals surface area contributed by atoms with Gasteiger partial charge in [-0.25, -0.2) is 0 Å². The highest BCUT2D eigenvalue weighted by atomic mass is 19.4. The molecule has 4 rings (SSSR count). The van der Waals surface area contributed by atoms with Crippen LogP contribution in [0.2, 0.25) is 0 Å². The zero-order chi connectivity index (χ0) is 25.2. The second kappa shape index (κ2) is 9.89. The van der Waals surface area contributed by atoms with Gasteiger partial charge in [-0.05, 0) is 75.4 Å². The molecule has 1 aliphatic rings. The van der Waals surface area contributed by atoms with Crippen LogP contribution in [0.5, 0.6) is 5.75 Å². The lowest BCUT2D eigenvalue weighted by Crippen LogP contribution is -2.52. The maximum absolute atomic E-state index is 13.6. The number of nitrogens with zero attached hydrogens (tertiary/aromatic N) is 2. The third-order valence-corrected chi connectivity index (χ3v) is 6.69. The van der Waals surface area contributed by atoms with E-state index in [2.05, 4.69) is 29.1 Å². The van der Waals surface area contributed by atoms with Gasteiger partial charge >= 0.3 is 6.18 Å². The Bertz CT molecular complexity index is 1120. The summed E-state index contributed by atoms with van der Waals surface area (Å²) in [4.78, 5) is 21.4. The third-order valence-electron chi connectivity index (χ3n) is 6.69. The van der Waals surface area contributed by atoms with E-state index in [0.29, 0.717) is 23.9 Å². The Morgan fingerprint density at radius 1 is 1.20 bits per heavy atom. The number of carbonyl (C=O) groups excluding carboxylic acids is 1. The van der Waals surface area contributed by atoms with Gasteiger partial charge < -0.3 is 19.9 Å². The number of aromatic amines is 1. The molecule has 6 nitrogen and oxygen atoms in total. The first kappa shape index (κ1) is 25.0. The molecular formula is C26H31F3N4O2. The molecule has 1 fully saturated rings. The van der Waals surface area contributed by atoms with E-state index in [-0.39, 0.29) is 11.7 Å². The van der Waals surface area contributed by atoms with Gasteiger partial charge in [0.05, 0.1) is 18.1 Å². The number of H-pyrrole nitrogens is 1. The van der Waals surface area contributed by atoms with Crippen molar-refractivity contribution in [3.05, 3.63) is 59.9 Å². The number of benzene rings is 1. The fourth-order valence-corrected chi connectivity index (χ4v) is 4.97. The molecule has 9 heteroatoms. The van der Waals surface area contributed by atoms with Crippen molar-refractivity contribution in [3.8, 4) is 5.75 Å². The van der Waals surface area contributed by atoms with E-state index < -0.39 is 30.2 Å². The summed E-state index contributed by atoms with van der Waals surface area (Å²) in [6.07, 6.45) is -0.374. The lowest BCUT2D eigenvalue weighted by Gasteiger charge is -2.41. The largest absolute Gasteiger partial charge is 0.497 e. The highest BCUT2D eigenvalue weighted by molar-refractivity contribution is 5.97. The van der Waals surface area contributed by atoms with E-state index in [4.69, 9.17) is 4.74 Å². The molecule has 3 aromatic rings. The molecule has 1 aliphatic carbocycles. The van der Waals surface area contributed by atoms with Gasteiger partial charge in [-0.1, -0.05) is 12.1 Å². The lowest BCUT2D eigenvalue weighted by molar-refractivity contribution is -0.146. The average Bonchev–Trinajstić information content (AvgIpc) is 3.26. The number of hydrogen-bond donors (Lipinski definition) is 2. The molecule has 188 valence electrons. The Morgan fingerprint density at radius 2 is 1.94 bits per heavy atom. The van der Waals surface area contributed by atoms with E-state index in [0.717, 1.165) is 29.1 Å². The van der Waals surface area contributed by atoms with Gasteiger partial charge in [0.15, 0.2) is 0 Å². The van der Waals surface area contributed by atoms with Gasteiger partial charge in [-0.2, -0.15) is 13.2 Å². The van der Waals surface area contributed by atoms with Crippen LogP contribution >= 0.6 is 0 Å². The van der Waals surface area contributed by atoms with E-state index >= 15 is 0 Å². The number of aromatic nitrogens is 2. The van der Waals surface area contributed by atoms with Crippen LogP contribution in [0.15, 0.2) is 48.7 Å². The van der Waals surface area contributed by atoms with E-state index in [1.807, 2.05) is 24.3 Å². The van der Waals surface area contributed by atoms with Crippen molar-refractivity contribution in [2.24, 2.45) is 0 Å². The van der Waals surface area contributed by atoms with Crippen LogP contribution in [0, 0.1) is 0 Å².